The molecule has 126 valence electrons. The zero-order chi connectivity index (χ0) is 17.2. The molecule has 1 aromatic carbocycles. The first kappa shape index (κ1) is 15.4. The van der Waals surface area contributed by atoms with Crippen LogP contribution in [0.5, 0.6) is 0 Å². The average molecular weight is 335 g/mol. The summed E-state index contributed by atoms with van der Waals surface area (Å²) in [5.74, 6) is 0.633. The molecule has 8 nitrogen and oxygen atoms in total. The number of hydrogen-bond donors (Lipinski definition) is 1. The number of benzene rings is 1. The third kappa shape index (κ3) is 3.10. The Morgan fingerprint density at radius 1 is 1.36 bits per heavy atom. The molecular weight excluding hydrogens is 318 g/mol. The molecular formula is C17H17N7O. The van der Waals surface area contributed by atoms with Crippen LogP contribution in [0.1, 0.15) is 46.3 Å². The molecule has 3 aromatic rings. The van der Waals surface area contributed by atoms with Crippen LogP contribution in [0, 0.1) is 6.92 Å². The first-order chi connectivity index (χ1) is 12.2. The summed E-state index contributed by atoms with van der Waals surface area (Å²) >= 11 is 0. The third-order valence-corrected chi connectivity index (χ3v) is 4.33. The van der Waals surface area contributed by atoms with Crippen LogP contribution in [0.15, 0.2) is 36.8 Å². The van der Waals surface area contributed by atoms with Crippen molar-refractivity contribution in [2.45, 2.75) is 32.2 Å². The van der Waals surface area contributed by atoms with E-state index in [4.69, 9.17) is 0 Å². The summed E-state index contributed by atoms with van der Waals surface area (Å²) < 4.78 is 1.52. The smallest absolute Gasteiger partial charge is 0.251 e. The predicted molar refractivity (Wildman–Crippen MR) is 89.1 cm³/mol. The van der Waals surface area contributed by atoms with Crippen LogP contribution in [0.25, 0.3) is 5.69 Å². The van der Waals surface area contributed by atoms with E-state index in [9.17, 15) is 4.79 Å². The Kier molecular flexibility index (Phi) is 3.93. The minimum Gasteiger partial charge on any atom is -0.345 e. The predicted octanol–water partition coefficient (Wildman–Crippen LogP) is 1.57. The van der Waals surface area contributed by atoms with Crippen LogP contribution in [-0.4, -0.2) is 36.1 Å². The molecule has 8 heteroatoms. The number of aryl methyl sites for hydroxylation is 2. The van der Waals surface area contributed by atoms with Crippen molar-refractivity contribution in [1.82, 2.24) is 35.5 Å². The van der Waals surface area contributed by atoms with Gasteiger partial charge >= 0.3 is 0 Å². The van der Waals surface area contributed by atoms with Gasteiger partial charge in [0, 0.05) is 23.0 Å². The van der Waals surface area contributed by atoms with Gasteiger partial charge in [-0.1, -0.05) is 6.07 Å². The molecule has 0 radical (unpaired) electrons. The van der Waals surface area contributed by atoms with Gasteiger partial charge in [0.1, 0.15) is 12.2 Å². The molecule has 0 bridgehead atoms. The lowest BCUT2D eigenvalue weighted by Gasteiger charge is -2.25. The van der Waals surface area contributed by atoms with Gasteiger partial charge in [-0.15, -0.1) is 5.10 Å². The van der Waals surface area contributed by atoms with Crippen LogP contribution < -0.4 is 5.32 Å². The highest BCUT2D eigenvalue weighted by atomic mass is 16.1. The summed E-state index contributed by atoms with van der Waals surface area (Å²) in [5.41, 5.74) is 3.35. The van der Waals surface area contributed by atoms with Crippen LogP contribution in [0.3, 0.4) is 0 Å². The summed E-state index contributed by atoms with van der Waals surface area (Å²) in [4.78, 5) is 21.5. The third-order valence-electron chi connectivity index (χ3n) is 4.33. The Bertz CT molecular complexity index is 907. The number of amides is 1. The minimum atomic E-state index is -0.131. The number of nitrogens with zero attached hydrogens (tertiary/aromatic N) is 6. The molecule has 4 rings (SSSR count). The highest BCUT2D eigenvalue weighted by Crippen LogP contribution is 2.28. The van der Waals surface area contributed by atoms with Gasteiger partial charge in [-0.2, -0.15) is 0 Å². The Labute approximate surface area is 144 Å². The van der Waals surface area contributed by atoms with Crippen LogP contribution in [0.4, 0.5) is 0 Å². The van der Waals surface area contributed by atoms with Gasteiger partial charge in [0.05, 0.1) is 11.7 Å². The van der Waals surface area contributed by atoms with E-state index >= 15 is 0 Å². The van der Waals surface area contributed by atoms with E-state index in [1.807, 2.05) is 25.3 Å². The van der Waals surface area contributed by atoms with Crippen LogP contribution in [0.2, 0.25) is 0 Å². The van der Waals surface area contributed by atoms with E-state index in [-0.39, 0.29) is 11.9 Å². The van der Waals surface area contributed by atoms with E-state index in [0.717, 1.165) is 42.0 Å². The number of aromatic nitrogens is 6. The number of rotatable bonds is 3. The summed E-state index contributed by atoms with van der Waals surface area (Å²) in [7, 11) is 0. The lowest BCUT2D eigenvalue weighted by Crippen LogP contribution is -2.31. The molecule has 1 atom stereocenters. The number of fused-ring (bicyclic) bond motifs is 1. The highest BCUT2D eigenvalue weighted by molar-refractivity contribution is 5.95. The lowest BCUT2D eigenvalue weighted by molar-refractivity contribution is 0.0932. The van der Waals surface area contributed by atoms with Gasteiger partial charge in [-0.05, 0) is 54.8 Å². The quantitative estimate of drug-likeness (QED) is 0.780. The summed E-state index contributed by atoms with van der Waals surface area (Å²) in [6, 6.07) is 7.14. The molecule has 1 N–H and O–H groups in total. The number of hydrogen-bond acceptors (Lipinski definition) is 6. The van der Waals surface area contributed by atoms with Gasteiger partial charge in [0.15, 0.2) is 0 Å². The second kappa shape index (κ2) is 6.39. The van der Waals surface area contributed by atoms with E-state index in [0.29, 0.717) is 5.56 Å². The van der Waals surface area contributed by atoms with Crippen molar-refractivity contribution in [3.05, 3.63) is 59.4 Å². The Balaban J connectivity index is 1.56. The molecule has 0 saturated heterocycles. The second-order valence-electron chi connectivity index (χ2n) is 6.04. The van der Waals surface area contributed by atoms with E-state index in [1.165, 1.54) is 11.0 Å². The number of carbonyl (C=O) groups excluding carboxylic acids is 1. The molecule has 0 aliphatic heterocycles. The maximum Gasteiger partial charge on any atom is 0.251 e. The molecule has 1 unspecified atom stereocenters. The van der Waals surface area contributed by atoms with Gasteiger partial charge < -0.3 is 5.32 Å². The van der Waals surface area contributed by atoms with Gasteiger partial charge in [0.25, 0.3) is 5.91 Å². The normalized spacial score (nSPS) is 16.3. The lowest BCUT2D eigenvalue weighted by atomic mass is 9.92. The minimum absolute atomic E-state index is 0.0615. The maximum atomic E-state index is 12.7. The van der Waals surface area contributed by atoms with Crippen molar-refractivity contribution in [3.63, 3.8) is 0 Å². The first-order valence-corrected chi connectivity index (χ1v) is 8.17. The monoisotopic (exact) mass is 335 g/mol. The second-order valence-corrected chi connectivity index (χ2v) is 6.04. The van der Waals surface area contributed by atoms with Crippen molar-refractivity contribution in [1.29, 1.82) is 0 Å². The molecule has 25 heavy (non-hydrogen) atoms. The largest absolute Gasteiger partial charge is 0.345 e. The molecule has 2 aromatic heterocycles. The van der Waals surface area contributed by atoms with Crippen molar-refractivity contribution in [2.24, 2.45) is 0 Å². The Morgan fingerprint density at radius 3 is 3.12 bits per heavy atom. The van der Waals surface area contributed by atoms with Crippen molar-refractivity contribution in [3.8, 4) is 5.69 Å². The fourth-order valence-corrected chi connectivity index (χ4v) is 3.11. The molecule has 1 aliphatic carbocycles. The molecule has 0 saturated carbocycles. The van der Waals surface area contributed by atoms with E-state index in [1.54, 1.807) is 12.1 Å². The van der Waals surface area contributed by atoms with Crippen LogP contribution >= 0.6 is 0 Å². The number of carbonyl (C=O) groups is 1. The number of nitrogens with one attached hydrogen (secondary N) is 1. The van der Waals surface area contributed by atoms with Crippen molar-refractivity contribution >= 4 is 5.91 Å². The highest BCUT2D eigenvalue weighted by Gasteiger charge is 2.24. The summed E-state index contributed by atoms with van der Waals surface area (Å²) in [5, 5.41) is 14.2. The molecule has 1 aliphatic rings. The topological polar surface area (TPSA) is 98.5 Å². The number of tetrazole rings is 1. The van der Waals surface area contributed by atoms with Gasteiger partial charge in [-0.25, -0.2) is 14.6 Å². The summed E-state index contributed by atoms with van der Waals surface area (Å²) in [6.45, 7) is 1.88. The average Bonchev–Trinajstić information content (AvgIpc) is 3.16. The fraction of sp³-hybridized carbons (Fsp3) is 0.294. The molecule has 1 amide bonds. The molecule has 0 fully saturated rings. The van der Waals surface area contributed by atoms with Gasteiger partial charge in [-0.3, -0.25) is 4.79 Å². The van der Waals surface area contributed by atoms with E-state index in [2.05, 4.69) is 30.8 Å². The van der Waals surface area contributed by atoms with Crippen LogP contribution in [-0.2, 0) is 6.42 Å². The fourth-order valence-electron chi connectivity index (χ4n) is 3.11. The summed E-state index contributed by atoms with van der Waals surface area (Å²) in [6.07, 6.45) is 6.14. The van der Waals surface area contributed by atoms with Crippen molar-refractivity contribution in [2.75, 3.05) is 0 Å². The molecule has 2 heterocycles. The maximum absolute atomic E-state index is 12.7. The SMILES string of the molecule is Cc1ncc2c(n1)CCCC2NC(=O)c1cccc(-n2cnnn2)c1. The first-order valence-electron chi connectivity index (χ1n) is 8.17. The Morgan fingerprint density at radius 2 is 2.28 bits per heavy atom. The van der Waals surface area contributed by atoms with E-state index < -0.39 is 0 Å². The molecule has 0 spiro atoms. The zero-order valence-electron chi connectivity index (χ0n) is 13.8. The standard InChI is InChI=1S/C17H17N7O/c1-11-18-9-14-15(20-11)6-3-7-16(14)21-17(25)12-4-2-5-13(8-12)24-10-19-22-23-24/h2,4-5,8-10,16H,3,6-7H2,1H3,(H,21,25). The zero-order valence-corrected chi connectivity index (χ0v) is 13.8. The van der Waals surface area contributed by atoms with Gasteiger partial charge in [0.2, 0.25) is 0 Å². The van der Waals surface area contributed by atoms with Crippen molar-refractivity contribution < 1.29 is 4.79 Å². The Hall–Kier alpha value is -3.16.